The Morgan fingerprint density at radius 2 is 1.64 bits per heavy atom. The Labute approximate surface area is 198 Å². The smallest absolute Gasteiger partial charge is 0.408 e. The molecule has 0 aliphatic carbocycles. The number of nitrogens with one attached hydrogen (secondary N) is 2. The van der Waals surface area contributed by atoms with Gasteiger partial charge in [-0.25, -0.2) is 9.59 Å². The first-order chi connectivity index (χ1) is 15.3. The minimum Gasteiger partial charge on any atom is -0.467 e. The van der Waals surface area contributed by atoms with Crippen LogP contribution in [0.4, 0.5) is 4.79 Å². The molecule has 0 aliphatic rings. The van der Waals surface area contributed by atoms with Crippen molar-refractivity contribution in [3.05, 3.63) is 35.9 Å². The van der Waals surface area contributed by atoms with Gasteiger partial charge in [0.2, 0.25) is 5.91 Å². The number of hydrogen-bond acceptors (Lipinski definition) is 6. The summed E-state index contributed by atoms with van der Waals surface area (Å²) < 4.78 is 16.2. The monoisotopic (exact) mass is 480 g/mol. The fourth-order valence-corrected chi connectivity index (χ4v) is 3.79. The number of rotatable bonds is 11. The average molecular weight is 481 g/mol. The van der Waals surface area contributed by atoms with Crippen LogP contribution in [-0.2, 0) is 30.1 Å². The van der Waals surface area contributed by atoms with E-state index in [1.54, 1.807) is 13.8 Å². The van der Waals surface area contributed by atoms with E-state index in [0.29, 0.717) is 6.61 Å². The van der Waals surface area contributed by atoms with E-state index in [2.05, 4.69) is 44.5 Å². The third-order valence-electron chi connectivity index (χ3n) is 5.91. The predicted octanol–water partition coefficient (Wildman–Crippen LogP) is 4.01. The predicted molar refractivity (Wildman–Crippen MR) is 130 cm³/mol. The molecule has 0 saturated heterocycles. The highest BCUT2D eigenvalue weighted by atomic mass is 28.4. The molecule has 0 aromatic heterocycles. The first-order valence-corrected chi connectivity index (χ1v) is 14.2. The average Bonchev–Trinajstić information content (AvgIpc) is 2.74. The van der Waals surface area contributed by atoms with Gasteiger partial charge in [-0.3, -0.25) is 4.79 Å². The maximum atomic E-state index is 12.9. The maximum absolute atomic E-state index is 12.9. The number of hydrogen-bond donors (Lipinski definition) is 2. The number of esters is 1. The molecular weight excluding hydrogens is 440 g/mol. The maximum Gasteiger partial charge on any atom is 0.408 e. The van der Waals surface area contributed by atoms with Crippen LogP contribution in [0, 0.1) is 5.92 Å². The third-order valence-corrected chi connectivity index (χ3v) is 10.5. The topological polar surface area (TPSA) is 103 Å². The second kappa shape index (κ2) is 12.7. The van der Waals surface area contributed by atoms with Gasteiger partial charge in [-0.1, -0.05) is 65.0 Å². The van der Waals surface area contributed by atoms with Crippen molar-refractivity contribution in [2.75, 3.05) is 13.7 Å². The second-order valence-corrected chi connectivity index (χ2v) is 14.7. The van der Waals surface area contributed by atoms with Crippen molar-refractivity contribution in [3.8, 4) is 0 Å². The molecule has 0 fully saturated rings. The van der Waals surface area contributed by atoms with E-state index >= 15 is 0 Å². The SMILES string of the molecule is COC(=O)[C@@H](CCO[Si](C)(C)C(C)(C)C)NC(=O)[C@@H](NC(=O)OCc1ccccc1)C(C)C. The van der Waals surface area contributed by atoms with Crippen molar-refractivity contribution >= 4 is 26.3 Å². The first kappa shape index (κ1) is 28.6. The van der Waals surface area contributed by atoms with Crippen molar-refractivity contribution in [2.45, 2.75) is 77.9 Å². The highest BCUT2D eigenvalue weighted by Gasteiger charge is 2.37. The normalized spacial score (nSPS) is 13.7. The molecule has 0 radical (unpaired) electrons. The van der Waals surface area contributed by atoms with E-state index in [4.69, 9.17) is 13.9 Å². The Hall–Kier alpha value is -2.39. The van der Waals surface area contributed by atoms with Crippen molar-refractivity contribution < 1.29 is 28.3 Å². The summed E-state index contributed by atoms with van der Waals surface area (Å²) in [4.78, 5) is 37.5. The van der Waals surface area contributed by atoms with E-state index in [0.717, 1.165) is 5.56 Å². The number of alkyl carbamates (subject to hydrolysis) is 1. The van der Waals surface area contributed by atoms with Gasteiger partial charge in [-0.2, -0.15) is 0 Å². The van der Waals surface area contributed by atoms with E-state index in [1.165, 1.54) is 7.11 Å². The number of carbonyl (C=O) groups is 3. The van der Waals surface area contributed by atoms with E-state index in [1.807, 2.05) is 30.3 Å². The molecule has 2 atom stereocenters. The summed E-state index contributed by atoms with van der Waals surface area (Å²) in [6, 6.07) is 7.50. The van der Waals surface area contributed by atoms with Crippen LogP contribution in [0.2, 0.25) is 18.1 Å². The van der Waals surface area contributed by atoms with Gasteiger partial charge in [-0.05, 0) is 29.6 Å². The van der Waals surface area contributed by atoms with Gasteiger partial charge >= 0.3 is 12.1 Å². The van der Waals surface area contributed by atoms with Crippen LogP contribution in [-0.4, -0.2) is 52.1 Å². The van der Waals surface area contributed by atoms with Gasteiger partial charge in [0, 0.05) is 13.0 Å². The molecular formula is C24H40N2O6Si. The molecule has 0 bridgehead atoms. The van der Waals surface area contributed by atoms with Crippen molar-refractivity contribution in [1.29, 1.82) is 0 Å². The van der Waals surface area contributed by atoms with Gasteiger partial charge in [0.1, 0.15) is 18.7 Å². The standard InChI is InChI=1S/C24H40N2O6Si/c1-17(2)20(26-23(29)31-16-18-12-10-9-11-13-18)21(27)25-19(22(28)30-6)14-15-32-33(7,8)24(3,4)5/h9-13,17,19-20H,14-16H2,1-8H3,(H,25,27)(H,26,29)/t19-,20+/m1/s1. The lowest BCUT2D eigenvalue weighted by atomic mass is 10.0. The number of carbonyl (C=O) groups excluding carboxylic acids is 3. The molecule has 2 N–H and O–H groups in total. The highest BCUT2D eigenvalue weighted by Crippen LogP contribution is 2.36. The number of methoxy groups -OCH3 is 1. The molecule has 0 heterocycles. The van der Waals surface area contributed by atoms with Gasteiger partial charge < -0.3 is 24.5 Å². The summed E-state index contributed by atoms with van der Waals surface area (Å²) in [6.45, 7) is 14.7. The molecule has 33 heavy (non-hydrogen) atoms. The Kier molecular flexibility index (Phi) is 11.1. The van der Waals surface area contributed by atoms with Gasteiger partial charge in [0.05, 0.1) is 7.11 Å². The molecule has 2 amide bonds. The summed E-state index contributed by atoms with van der Waals surface area (Å²) in [5, 5.41) is 5.34. The third kappa shape index (κ3) is 9.55. The zero-order valence-electron chi connectivity index (χ0n) is 21.2. The van der Waals surface area contributed by atoms with E-state index in [9.17, 15) is 14.4 Å². The van der Waals surface area contributed by atoms with Crippen LogP contribution >= 0.6 is 0 Å². The Morgan fingerprint density at radius 3 is 2.15 bits per heavy atom. The van der Waals surface area contributed by atoms with Crippen molar-refractivity contribution in [2.24, 2.45) is 5.92 Å². The van der Waals surface area contributed by atoms with Gasteiger partial charge in [0.25, 0.3) is 0 Å². The lowest BCUT2D eigenvalue weighted by molar-refractivity contribution is -0.145. The Bertz CT molecular complexity index is 777. The van der Waals surface area contributed by atoms with Crippen LogP contribution in [0.5, 0.6) is 0 Å². The lowest BCUT2D eigenvalue weighted by Gasteiger charge is -2.36. The molecule has 186 valence electrons. The molecule has 1 aromatic rings. The highest BCUT2D eigenvalue weighted by molar-refractivity contribution is 6.74. The van der Waals surface area contributed by atoms with Crippen molar-refractivity contribution in [1.82, 2.24) is 10.6 Å². The molecule has 1 aromatic carbocycles. The fraction of sp³-hybridized carbons (Fsp3) is 0.625. The van der Waals surface area contributed by atoms with Crippen LogP contribution in [0.15, 0.2) is 30.3 Å². The van der Waals surface area contributed by atoms with Crippen LogP contribution < -0.4 is 10.6 Å². The summed E-state index contributed by atoms with van der Waals surface area (Å²) >= 11 is 0. The summed E-state index contributed by atoms with van der Waals surface area (Å²) in [6.07, 6.45) is -0.433. The number of ether oxygens (including phenoxy) is 2. The quantitative estimate of drug-likeness (QED) is 0.366. The number of benzene rings is 1. The van der Waals surface area contributed by atoms with Crippen LogP contribution in [0.3, 0.4) is 0 Å². The summed E-state index contributed by atoms with van der Waals surface area (Å²) in [5.41, 5.74) is 0.839. The summed E-state index contributed by atoms with van der Waals surface area (Å²) in [5.74, 6) is -1.27. The fourth-order valence-electron chi connectivity index (χ4n) is 2.73. The van der Waals surface area contributed by atoms with Crippen molar-refractivity contribution in [3.63, 3.8) is 0 Å². The first-order valence-electron chi connectivity index (χ1n) is 11.3. The van der Waals surface area contributed by atoms with E-state index in [-0.39, 0.29) is 24.0 Å². The molecule has 0 spiro atoms. The number of amides is 2. The van der Waals surface area contributed by atoms with E-state index < -0.39 is 38.4 Å². The molecule has 8 nitrogen and oxygen atoms in total. The molecule has 0 saturated carbocycles. The molecule has 1 rings (SSSR count). The van der Waals surface area contributed by atoms with Crippen LogP contribution in [0.1, 0.15) is 46.6 Å². The summed E-state index contributed by atoms with van der Waals surface area (Å²) in [7, 11) is -0.721. The largest absolute Gasteiger partial charge is 0.467 e. The lowest BCUT2D eigenvalue weighted by Crippen LogP contribution is -2.54. The minimum atomic E-state index is -1.99. The van der Waals surface area contributed by atoms with Gasteiger partial charge in [-0.15, -0.1) is 0 Å². The van der Waals surface area contributed by atoms with Crippen LogP contribution in [0.25, 0.3) is 0 Å². The zero-order valence-corrected chi connectivity index (χ0v) is 22.2. The molecule has 0 aliphatic heterocycles. The van der Waals surface area contributed by atoms with Gasteiger partial charge in [0.15, 0.2) is 8.32 Å². The minimum absolute atomic E-state index is 0.0315. The molecule has 9 heteroatoms. The Balaban J connectivity index is 2.72. The molecule has 0 unspecified atom stereocenters. The Morgan fingerprint density at radius 1 is 1.03 bits per heavy atom. The second-order valence-electron chi connectivity index (χ2n) is 9.91. The zero-order chi connectivity index (χ0) is 25.2.